The minimum Gasteiger partial charge on any atom is -0.449 e. The van der Waals surface area contributed by atoms with Gasteiger partial charge in [-0.3, -0.25) is 4.79 Å². The monoisotopic (exact) mass is 368 g/mol. The van der Waals surface area contributed by atoms with Gasteiger partial charge >= 0.3 is 5.97 Å². The summed E-state index contributed by atoms with van der Waals surface area (Å²) in [5.41, 5.74) is 5.62. The first-order valence-corrected chi connectivity index (χ1v) is 9.10. The number of nitrogens with zero attached hydrogens (tertiary/aromatic N) is 1. The normalized spacial score (nSPS) is 17.3. The predicted molar refractivity (Wildman–Crippen MR) is 89.8 cm³/mol. The second kappa shape index (κ2) is 8.24. The van der Waals surface area contributed by atoms with Gasteiger partial charge in [0.25, 0.3) is 5.91 Å². The van der Waals surface area contributed by atoms with Gasteiger partial charge in [0.05, 0.1) is 18.1 Å². The van der Waals surface area contributed by atoms with E-state index < -0.39 is 28.0 Å². The van der Waals surface area contributed by atoms with Crippen molar-refractivity contribution in [3.63, 3.8) is 0 Å². The first kappa shape index (κ1) is 19.1. The summed E-state index contributed by atoms with van der Waals surface area (Å²) < 4.78 is 36.3. The van der Waals surface area contributed by atoms with E-state index in [-0.39, 0.29) is 4.90 Å². The topological polar surface area (TPSA) is 116 Å². The standard InChI is InChI=1S/C16H20N2O6S/c1-12(16(17)20)24-15(19)7-4-13-2-5-14(6-3-13)25(21,22)18-8-10-23-11-9-18/h2-7,12H,8-11H2,1H3,(H2,17,20)/b7-4-/t12-/m0/s1. The molecule has 0 aliphatic carbocycles. The molecule has 2 rings (SSSR count). The number of carbonyl (C=O) groups is 2. The number of amides is 1. The van der Waals surface area contributed by atoms with E-state index in [1.165, 1.54) is 29.4 Å². The van der Waals surface area contributed by atoms with Gasteiger partial charge < -0.3 is 15.2 Å². The van der Waals surface area contributed by atoms with Crippen LogP contribution in [0.3, 0.4) is 0 Å². The van der Waals surface area contributed by atoms with Crippen molar-refractivity contribution in [2.24, 2.45) is 5.73 Å². The van der Waals surface area contributed by atoms with Gasteiger partial charge in [-0.2, -0.15) is 4.31 Å². The van der Waals surface area contributed by atoms with Crippen LogP contribution in [0.5, 0.6) is 0 Å². The Bertz CT molecular complexity index is 751. The van der Waals surface area contributed by atoms with E-state index in [9.17, 15) is 18.0 Å². The van der Waals surface area contributed by atoms with Gasteiger partial charge in [-0.05, 0) is 30.7 Å². The molecule has 8 nitrogen and oxygen atoms in total. The largest absolute Gasteiger partial charge is 0.449 e. The second-order valence-corrected chi connectivity index (χ2v) is 7.34. The smallest absolute Gasteiger partial charge is 0.331 e. The lowest BCUT2D eigenvalue weighted by Crippen LogP contribution is -2.40. The zero-order valence-corrected chi connectivity index (χ0v) is 14.6. The molecule has 25 heavy (non-hydrogen) atoms. The van der Waals surface area contributed by atoms with Crippen LogP contribution in [0.15, 0.2) is 35.2 Å². The molecule has 1 saturated heterocycles. The van der Waals surface area contributed by atoms with Gasteiger partial charge in [-0.25, -0.2) is 13.2 Å². The summed E-state index contributed by atoms with van der Waals surface area (Å²) in [7, 11) is -3.55. The number of benzene rings is 1. The van der Waals surface area contributed by atoms with E-state index in [1.54, 1.807) is 12.1 Å². The van der Waals surface area contributed by atoms with Gasteiger partial charge in [-0.1, -0.05) is 12.1 Å². The van der Waals surface area contributed by atoms with Crippen LogP contribution in [0.1, 0.15) is 12.5 Å². The molecule has 0 unspecified atom stereocenters. The minimum atomic E-state index is -3.55. The van der Waals surface area contributed by atoms with E-state index in [2.05, 4.69) is 0 Å². The van der Waals surface area contributed by atoms with Crippen molar-refractivity contribution in [2.45, 2.75) is 17.9 Å². The van der Waals surface area contributed by atoms with E-state index in [0.29, 0.717) is 31.9 Å². The van der Waals surface area contributed by atoms with Gasteiger partial charge in [0.1, 0.15) is 0 Å². The fraction of sp³-hybridized carbons (Fsp3) is 0.375. The molecule has 0 radical (unpaired) electrons. The Morgan fingerprint density at radius 2 is 1.84 bits per heavy atom. The van der Waals surface area contributed by atoms with Crippen molar-refractivity contribution < 1.29 is 27.5 Å². The zero-order chi connectivity index (χ0) is 18.4. The van der Waals surface area contributed by atoms with Crippen molar-refractivity contribution in [3.05, 3.63) is 35.9 Å². The molecule has 0 saturated carbocycles. The summed E-state index contributed by atoms with van der Waals surface area (Å²) in [5.74, 6) is -1.45. The molecule has 1 fully saturated rings. The summed E-state index contributed by atoms with van der Waals surface area (Å²) in [5, 5.41) is 0. The van der Waals surface area contributed by atoms with Gasteiger partial charge in [0.15, 0.2) is 6.10 Å². The molecule has 1 aromatic carbocycles. The highest BCUT2D eigenvalue weighted by molar-refractivity contribution is 7.89. The molecule has 0 spiro atoms. The van der Waals surface area contributed by atoms with Crippen molar-refractivity contribution in [1.82, 2.24) is 4.31 Å². The summed E-state index contributed by atoms with van der Waals surface area (Å²) in [6.45, 7) is 2.79. The van der Waals surface area contributed by atoms with Crippen LogP contribution >= 0.6 is 0 Å². The summed E-state index contributed by atoms with van der Waals surface area (Å²) in [6.07, 6.45) is 1.59. The van der Waals surface area contributed by atoms with Crippen molar-refractivity contribution in [1.29, 1.82) is 0 Å². The van der Waals surface area contributed by atoms with Crippen LogP contribution < -0.4 is 5.73 Å². The SMILES string of the molecule is C[C@H](OC(=O)/C=C\c1ccc(S(=O)(=O)N2CCOCC2)cc1)C(N)=O. The Labute approximate surface area is 146 Å². The van der Waals surface area contributed by atoms with Crippen molar-refractivity contribution >= 4 is 28.0 Å². The van der Waals surface area contributed by atoms with Crippen molar-refractivity contribution in [3.8, 4) is 0 Å². The highest BCUT2D eigenvalue weighted by atomic mass is 32.2. The minimum absolute atomic E-state index is 0.177. The van der Waals surface area contributed by atoms with E-state index >= 15 is 0 Å². The number of carbonyl (C=O) groups excluding carboxylic acids is 2. The fourth-order valence-electron chi connectivity index (χ4n) is 2.12. The molecule has 1 aliphatic heterocycles. The molecular weight excluding hydrogens is 348 g/mol. The average molecular weight is 368 g/mol. The Morgan fingerprint density at radius 3 is 2.40 bits per heavy atom. The summed E-state index contributed by atoms with van der Waals surface area (Å²) >= 11 is 0. The zero-order valence-electron chi connectivity index (χ0n) is 13.8. The number of rotatable bonds is 6. The molecule has 1 aliphatic rings. The third-order valence-electron chi connectivity index (χ3n) is 3.59. The summed E-state index contributed by atoms with van der Waals surface area (Å²) in [6, 6.07) is 6.10. The number of esters is 1. The number of hydrogen-bond donors (Lipinski definition) is 1. The predicted octanol–water partition coefficient (Wildman–Crippen LogP) is 0.138. The van der Waals surface area contributed by atoms with E-state index in [0.717, 1.165) is 6.08 Å². The van der Waals surface area contributed by atoms with E-state index in [4.69, 9.17) is 15.2 Å². The lowest BCUT2D eigenvalue weighted by molar-refractivity contribution is -0.148. The maximum Gasteiger partial charge on any atom is 0.331 e. The Balaban J connectivity index is 2.03. The average Bonchev–Trinajstić information content (AvgIpc) is 2.61. The molecule has 2 N–H and O–H groups in total. The van der Waals surface area contributed by atoms with Gasteiger partial charge in [0, 0.05) is 19.2 Å². The third kappa shape index (κ3) is 5.12. The summed E-state index contributed by atoms with van der Waals surface area (Å²) in [4.78, 5) is 22.5. The molecule has 0 aromatic heterocycles. The van der Waals surface area contributed by atoms with Crippen LogP contribution in [0.4, 0.5) is 0 Å². The van der Waals surface area contributed by atoms with Crippen molar-refractivity contribution in [2.75, 3.05) is 26.3 Å². The second-order valence-electron chi connectivity index (χ2n) is 5.40. The number of sulfonamides is 1. The quantitative estimate of drug-likeness (QED) is 0.564. The Kier molecular flexibility index (Phi) is 6.29. The van der Waals surface area contributed by atoms with Gasteiger partial charge in [0.2, 0.25) is 10.0 Å². The maximum atomic E-state index is 12.5. The van der Waals surface area contributed by atoms with Crippen LogP contribution in [0.25, 0.3) is 6.08 Å². The maximum absolute atomic E-state index is 12.5. The molecule has 1 aromatic rings. The van der Waals surface area contributed by atoms with Crippen LogP contribution in [-0.4, -0.2) is 57.0 Å². The van der Waals surface area contributed by atoms with Gasteiger partial charge in [-0.15, -0.1) is 0 Å². The van der Waals surface area contributed by atoms with Crippen LogP contribution in [0.2, 0.25) is 0 Å². The fourth-order valence-corrected chi connectivity index (χ4v) is 3.53. The Morgan fingerprint density at radius 1 is 1.24 bits per heavy atom. The first-order valence-electron chi connectivity index (χ1n) is 7.66. The highest BCUT2D eigenvalue weighted by Crippen LogP contribution is 2.18. The Hall–Kier alpha value is -2.23. The molecule has 0 bridgehead atoms. The van der Waals surface area contributed by atoms with Crippen LogP contribution in [-0.2, 0) is 29.1 Å². The highest BCUT2D eigenvalue weighted by Gasteiger charge is 2.25. The lowest BCUT2D eigenvalue weighted by atomic mass is 10.2. The first-order chi connectivity index (χ1) is 11.8. The van der Waals surface area contributed by atoms with E-state index in [1.807, 2.05) is 0 Å². The molecule has 9 heteroatoms. The molecule has 1 atom stereocenters. The number of morpholine rings is 1. The molecule has 1 amide bonds. The number of hydrogen-bond acceptors (Lipinski definition) is 6. The lowest BCUT2D eigenvalue weighted by Gasteiger charge is -2.26. The number of primary amides is 1. The molecular formula is C16H20N2O6S. The number of nitrogens with two attached hydrogens (primary N) is 1. The third-order valence-corrected chi connectivity index (χ3v) is 5.51. The molecule has 1 heterocycles. The molecule has 136 valence electrons. The van der Waals surface area contributed by atoms with Crippen LogP contribution in [0, 0.1) is 0 Å². The number of ether oxygens (including phenoxy) is 2.